The fraction of sp³-hybridized carbons (Fsp3) is 0.0625. The van der Waals surface area contributed by atoms with E-state index >= 15 is 0 Å². The Hall–Kier alpha value is -2.78. The number of allylic oxidation sites excluding steroid dienone is 1. The van der Waals surface area contributed by atoms with E-state index in [1.54, 1.807) is 52.6 Å². The highest BCUT2D eigenvalue weighted by Gasteiger charge is 2.13. The molecule has 0 aliphatic carbocycles. The topological polar surface area (TPSA) is 86.2 Å². The molecule has 7 nitrogen and oxygen atoms in total. The van der Waals surface area contributed by atoms with Crippen molar-refractivity contribution < 1.29 is 4.92 Å². The van der Waals surface area contributed by atoms with E-state index in [1.807, 2.05) is 23.8 Å². The molecule has 0 bridgehead atoms. The summed E-state index contributed by atoms with van der Waals surface area (Å²) in [6.45, 7) is 0. The van der Waals surface area contributed by atoms with Crippen molar-refractivity contribution in [3.8, 4) is 10.7 Å². The van der Waals surface area contributed by atoms with Gasteiger partial charge in [-0.3, -0.25) is 10.1 Å². The Morgan fingerprint density at radius 3 is 2.84 bits per heavy atom. The molecule has 0 amide bonds. The first-order chi connectivity index (χ1) is 12.2. The van der Waals surface area contributed by atoms with Crippen molar-refractivity contribution >= 4 is 41.1 Å². The molecule has 0 spiro atoms. The molecule has 0 saturated heterocycles. The molecule has 0 aliphatic rings. The number of thiophene rings is 1. The van der Waals surface area contributed by atoms with Gasteiger partial charge in [-0.25, -0.2) is 0 Å². The predicted octanol–water partition coefficient (Wildman–Crippen LogP) is 4.18. The van der Waals surface area contributed by atoms with Crippen molar-refractivity contribution in [2.75, 3.05) is 6.26 Å². The van der Waals surface area contributed by atoms with E-state index in [0.29, 0.717) is 16.5 Å². The van der Waals surface area contributed by atoms with Gasteiger partial charge in [0.2, 0.25) is 5.16 Å². The zero-order chi connectivity index (χ0) is 17.6. The highest BCUT2D eigenvalue weighted by Crippen LogP contribution is 2.26. The zero-order valence-electron chi connectivity index (χ0n) is 13.1. The summed E-state index contributed by atoms with van der Waals surface area (Å²) in [6, 6.07) is 10.4. The van der Waals surface area contributed by atoms with Gasteiger partial charge in [0, 0.05) is 12.3 Å². The molecule has 0 radical (unpaired) electrons. The predicted molar refractivity (Wildman–Crippen MR) is 101 cm³/mol. The average Bonchev–Trinajstić information content (AvgIpc) is 3.28. The van der Waals surface area contributed by atoms with Gasteiger partial charge in [0.05, 0.1) is 15.4 Å². The van der Waals surface area contributed by atoms with Crippen LogP contribution < -0.4 is 0 Å². The number of aromatic nitrogens is 3. The van der Waals surface area contributed by atoms with Crippen LogP contribution in [0.4, 0.5) is 5.69 Å². The Labute approximate surface area is 151 Å². The largest absolute Gasteiger partial charge is 0.276 e. The number of nitro groups is 1. The van der Waals surface area contributed by atoms with E-state index in [1.165, 1.54) is 17.8 Å². The maximum absolute atomic E-state index is 11.0. The maximum atomic E-state index is 11.0. The van der Waals surface area contributed by atoms with Gasteiger partial charge in [0.15, 0.2) is 5.82 Å². The molecule has 0 unspecified atom stereocenters. The van der Waals surface area contributed by atoms with Gasteiger partial charge < -0.3 is 0 Å². The third-order valence-electron chi connectivity index (χ3n) is 3.21. The third kappa shape index (κ3) is 3.83. The molecule has 0 N–H and O–H groups in total. The molecule has 126 valence electrons. The number of thioether (sulfide) groups is 1. The van der Waals surface area contributed by atoms with Gasteiger partial charge in [0.1, 0.15) is 0 Å². The minimum Gasteiger partial charge on any atom is -0.258 e. The van der Waals surface area contributed by atoms with Crippen LogP contribution in [0.3, 0.4) is 0 Å². The number of nitrogens with zero attached hydrogens (tertiary/aromatic N) is 5. The highest BCUT2D eigenvalue weighted by atomic mass is 32.2. The first-order valence-corrected chi connectivity index (χ1v) is 9.29. The summed E-state index contributed by atoms with van der Waals surface area (Å²) >= 11 is 3.00. The first kappa shape index (κ1) is 17.1. The number of nitro benzene ring substituents is 1. The van der Waals surface area contributed by atoms with Crippen LogP contribution in [0.1, 0.15) is 5.56 Å². The summed E-state index contributed by atoms with van der Waals surface area (Å²) in [4.78, 5) is 11.6. The molecule has 0 aliphatic heterocycles. The van der Waals surface area contributed by atoms with Crippen molar-refractivity contribution in [1.82, 2.24) is 14.9 Å². The van der Waals surface area contributed by atoms with Gasteiger partial charge in [-0.05, 0) is 35.9 Å². The molecule has 2 heterocycles. The fourth-order valence-corrected chi connectivity index (χ4v) is 3.23. The Morgan fingerprint density at radius 2 is 2.12 bits per heavy atom. The molecule has 0 saturated carbocycles. The van der Waals surface area contributed by atoms with E-state index in [9.17, 15) is 10.1 Å². The van der Waals surface area contributed by atoms with Crippen molar-refractivity contribution in [3.63, 3.8) is 0 Å². The quantitative estimate of drug-likeness (QED) is 0.281. The van der Waals surface area contributed by atoms with Gasteiger partial charge in [-0.2, -0.15) is 9.78 Å². The van der Waals surface area contributed by atoms with E-state index < -0.39 is 4.92 Å². The second-order valence-electron chi connectivity index (χ2n) is 4.74. The molecule has 3 rings (SSSR count). The minimum absolute atomic E-state index is 0.0560. The molecule has 0 fully saturated rings. The lowest BCUT2D eigenvalue weighted by molar-refractivity contribution is -0.385. The lowest BCUT2D eigenvalue weighted by atomic mass is 10.2. The number of hydrogen-bond acceptors (Lipinski definition) is 7. The summed E-state index contributed by atoms with van der Waals surface area (Å²) in [6.07, 6.45) is 6.77. The Kier molecular flexibility index (Phi) is 5.36. The van der Waals surface area contributed by atoms with Crippen LogP contribution in [0.5, 0.6) is 0 Å². The van der Waals surface area contributed by atoms with Crippen molar-refractivity contribution in [1.29, 1.82) is 0 Å². The number of benzene rings is 1. The molecular weight excluding hydrogens is 358 g/mol. The van der Waals surface area contributed by atoms with Crippen LogP contribution in [0.2, 0.25) is 0 Å². The van der Waals surface area contributed by atoms with Crippen LogP contribution in [-0.2, 0) is 0 Å². The van der Waals surface area contributed by atoms with Crippen LogP contribution >= 0.6 is 23.1 Å². The monoisotopic (exact) mass is 371 g/mol. The van der Waals surface area contributed by atoms with Crippen LogP contribution in [0.25, 0.3) is 16.8 Å². The summed E-state index contributed by atoms with van der Waals surface area (Å²) in [5, 5.41) is 26.3. The molecule has 3 aromatic rings. The van der Waals surface area contributed by atoms with Gasteiger partial charge in [0.25, 0.3) is 5.69 Å². The Bertz CT molecular complexity index is 932. The van der Waals surface area contributed by atoms with Gasteiger partial charge >= 0.3 is 0 Å². The summed E-state index contributed by atoms with van der Waals surface area (Å²) in [7, 11) is 0. The summed E-state index contributed by atoms with van der Waals surface area (Å²) < 4.78 is 1.65. The van der Waals surface area contributed by atoms with Crippen LogP contribution in [0, 0.1) is 10.1 Å². The molecule has 1 aromatic carbocycles. The number of hydrogen-bond donors (Lipinski definition) is 0. The second kappa shape index (κ2) is 7.86. The van der Waals surface area contributed by atoms with E-state index in [2.05, 4.69) is 15.3 Å². The standard InChI is InChI=1S/C16H13N5O2S2/c1-24-16-19-18-15(14-9-5-11-25-14)20(16)17-10-4-7-12-6-2-3-8-13(12)21(22)23/h2-11H,1H3. The number of para-hydroxylation sites is 1. The van der Waals surface area contributed by atoms with E-state index in [0.717, 1.165) is 4.88 Å². The minimum atomic E-state index is -0.405. The lowest BCUT2D eigenvalue weighted by Crippen LogP contribution is -1.94. The van der Waals surface area contributed by atoms with E-state index in [-0.39, 0.29) is 5.69 Å². The number of rotatable bonds is 6. The molecule has 9 heteroatoms. The lowest BCUT2D eigenvalue weighted by Gasteiger charge is -1.99. The maximum Gasteiger partial charge on any atom is 0.276 e. The smallest absolute Gasteiger partial charge is 0.258 e. The summed E-state index contributed by atoms with van der Waals surface area (Å²) in [5.74, 6) is 0.662. The zero-order valence-corrected chi connectivity index (χ0v) is 14.8. The second-order valence-corrected chi connectivity index (χ2v) is 6.46. The average molecular weight is 371 g/mol. The highest BCUT2D eigenvalue weighted by molar-refractivity contribution is 7.98. The Morgan fingerprint density at radius 1 is 1.28 bits per heavy atom. The van der Waals surface area contributed by atoms with Crippen molar-refractivity contribution in [2.24, 2.45) is 5.10 Å². The third-order valence-corrected chi connectivity index (χ3v) is 4.70. The van der Waals surface area contributed by atoms with Gasteiger partial charge in [-0.15, -0.1) is 21.5 Å². The van der Waals surface area contributed by atoms with Crippen LogP contribution in [0.15, 0.2) is 58.1 Å². The molecule has 0 atom stereocenters. The SMILES string of the molecule is CSc1nnc(-c2cccs2)n1N=CC=Cc1ccccc1[N+](=O)[O-]. The van der Waals surface area contributed by atoms with Crippen LogP contribution in [-0.4, -0.2) is 32.3 Å². The first-order valence-electron chi connectivity index (χ1n) is 7.18. The molecular formula is C16H13N5O2S2. The van der Waals surface area contributed by atoms with Gasteiger partial charge in [-0.1, -0.05) is 30.0 Å². The molecule has 2 aromatic heterocycles. The van der Waals surface area contributed by atoms with E-state index in [4.69, 9.17) is 0 Å². The fourth-order valence-electron chi connectivity index (χ4n) is 2.10. The molecule has 25 heavy (non-hydrogen) atoms. The Balaban J connectivity index is 1.86. The normalized spacial score (nSPS) is 11.6. The van der Waals surface area contributed by atoms with Crippen molar-refractivity contribution in [2.45, 2.75) is 5.16 Å². The summed E-state index contributed by atoms with van der Waals surface area (Å²) in [5.41, 5.74) is 0.576. The van der Waals surface area contributed by atoms with Crippen molar-refractivity contribution in [3.05, 3.63) is 63.5 Å².